The number of likely N-dealkylation sites (tertiary alicyclic amines) is 1. The fourth-order valence-corrected chi connectivity index (χ4v) is 2.74. The van der Waals surface area contributed by atoms with E-state index >= 15 is 0 Å². The summed E-state index contributed by atoms with van der Waals surface area (Å²) in [5.41, 5.74) is 0. The number of nitrogens with zero attached hydrogens (tertiary/aromatic N) is 2. The maximum absolute atomic E-state index is 4.46. The topological polar surface area (TPSA) is 15.6 Å². The first-order valence-electron chi connectivity index (χ1n) is 5.92. The maximum Gasteiger partial charge on any atom is 0.102 e. The number of hydrogen-bond donors (Lipinski definition) is 0. The lowest BCUT2D eigenvalue weighted by Crippen LogP contribution is -2.43. The van der Waals surface area contributed by atoms with Crippen molar-refractivity contribution in [1.82, 2.24) is 4.90 Å². The van der Waals surface area contributed by atoms with E-state index < -0.39 is 0 Å². The van der Waals surface area contributed by atoms with Gasteiger partial charge in [0.15, 0.2) is 0 Å². The summed E-state index contributed by atoms with van der Waals surface area (Å²) in [4.78, 5) is 6.79. The Bertz CT molecular complexity index is 198. The van der Waals surface area contributed by atoms with E-state index in [1.807, 2.05) is 7.05 Å². The summed E-state index contributed by atoms with van der Waals surface area (Å²) in [6, 6.07) is 0. The highest BCUT2D eigenvalue weighted by molar-refractivity contribution is 5.85. The quantitative estimate of drug-likeness (QED) is 0.677. The fourth-order valence-electron chi connectivity index (χ4n) is 2.74. The lowest BCUT2D eigenvalue weighted by atomic mass is 9.80. The molecule has 1 saturated heterocycles. The van der Waals surface area contributed by atoms with Crippen LogP contribution in [-0.4, -0.2) is 31.4 Å². The van der Waals surface area contributed by atoms with Crippen molar-refractivity contribution >= 4 is 5.84 Å². The number of aliphatic imine (C=N–C) groups is 1. The van der Waals surface area contributed by atoms with Crippen molar-refractivity contribution in [3.8, 4) is 0 Å². The number of piperidine rings is 1. The van der Waals surface area contributed by atoms with Gasteiger partial charge < -0.3 is 4.90 Å². The Labute approximate surface area is 88.4 Å². The van der Waals surface area contributed by atoms with Crippen LogP contribution in [0.2, 0.25) is 0 Å². The molecule has 0 bridgehead atoms. The summed E-state index contributed by atoms with van der Waals surface area (Å²) in [6.07, 6.45) is 5.26. The maximum atomic E-state index is 4.46. The van der Waals surface area contributed by atoms with Gasteiger partial charge in [-0.25, -0.2) is 0 Å². The molecule has 1 aliphatic heterocycles. The SMILES string of the molecule is CCCC1CCN(C)C(=NC)C1CC. The molecule has 2 atom stereocenters. The van der Waals surface area contributed by atoms with Crippen LogP contribution in [0.15, 0.2) is 4.99 Å². The second kappa shape index (κ2) is 5.38. The molecule has 2 unspecified atom stereocenters. The summed E-state index contributed by atoms with van der Waals surface area (Å²) in [7, 11) is 4.11. The Kier molecular flexibility index (Phi) is 4.43. The minimum absolute atomic E-state index is 0.707. The molecule has 2 nitrogen and oxygen atoms in total. The van der Waals surface area contributed by atoms with Gasteiger partial charge in [-0.3, -0.25) is 4.99 Å². The van der Waals surface area contributed by atoms with Gasteiger partial charge in [-0.1, -0.05) is 20.3 Å². The van der Waals surface area contributed by atoms with Crippen molar-refractivity contribution < 1.29 is 0 Å². The van der Waals surface area contributed by atoms with Crippen LogP contribution in [-0.2, 0) is 0 Å². The van der Waals surface area contributed by atoms with Crippen LogP contribution < -0.4 is 0 Å². The van der Waals surface area contributed by atoms with Crippen LogP contribution in [0.1, 0.15) is 39.5 Å². The minimum Gasteiger partial charge on any atom is -0.363 e. The molecule has 0 radical (unpaired) electrons. The van der Waals surface area contributed by atoms with Gasteiger partial charge in [-0.05, 0) is 25.2 Å². The third-order valence-corrected chi connectivity index (χ3v) is 3.46. The molecule has 82 valence electrons. The molecule has 0 aliphatic carbocycles. The molecule has 0 saturated carbocycles. The molecule has 0 aromatic rings. The van der Waals surface area contributed by atoms with E-state index in [0.717, 1.165) is 5.92 Å². The molecule has 1 aliphatic rings. The molecule has 14 heavy (non-hydrogen) atoms. The van der Waals surface area contributed by atoms with Gasteiger partial charge in [0.2, 0.25) is 0 Å². The lowest BCUT2D eigenvalue weighted by molar-refractivity contribution is 0.258. The Morgan fingerprint density at radius 3 is 2.64 bits per heavy atom. The third-order valence-electron chi connectivity index (χ3n) is 3.46. The van der Waals surface area contributed by atoms with E-state index in [2.05, 4.69) is 30.8 Å². The highest BCUT2D eigenvalue weighted by Crippen LogP contribution is 2.30. The fraction of sp³-hybridized carbons (Fsp3) is 0.917. The Balaban J connectivity index is 2.72. The smallest absolute Gasteiger partial charge is 0.102 e. The molecular weight excluding hydrogens is 172 g/mol. The molecule has 0 N–H and O–H groups in total. The van der Waals surface area contributed by atoms with Crippen LogP contribution >= 0.6 is 0 Å². The van der Waals surface area contributed by atoms with Gasteiger partial charge in [-0.2, -0.15) is 0 Å². The van der Waals surface area contributed by atoms with Crippen molar-refractivity contribution in [3.05, 3.63) is 0 Å². The molecule has 0 aromatic carbocycles. The molecule has 1 fully saturated rings. The number of amidine groups is 1. The highest BCUT2D eigenvalue weighted by Gasteiger charge is 2.30. The van der Waals surface area contributed by atoms with E-state index in [9.17, 15) is 0 Å². The van der Waals surface area contributed by atoms with Crippen molar-refractivity contribution in [3.63, 3.8) is 0 Å². The van der Waals surface area contributed by atoms with Gasteiger partial charge in [0.05, 0.1) is 0 Å². The van der Waals surface area contributed by atoms with Gasteiger partial charge in [0.25, 0.3) is 0 Å². The monoisotopic (exact) mass is 196 g/mol. The molecule has 0 spiro atoms. The van der Waals surface area contributed by atoms with Gasteiger partial charge in [0, 0.05) is 26.6 Å². The Hall–Kier alpha value is -0.530. The first-order valence-corrected chi connectivity index (χ1v) is 5.92. The zero-order valence-electron chi connectivity index (χ0n) is 10.1. The zero-order chi connectivity index (χ0) is 10.6. The zero-order valence-corrected chi connectivity index (χ0v) is 10.1. The van der Waals surface area contributed by atoms with E-state index in [0.29, 0.717) is 5.92 Å². The molecule has 2 heteroatoms. The first-order chi connectivity index (χ1) is 6.74. The van der Waals surface area contributed by atoms with Crippen LogP contribution in [0, 0.1) is 11.8 Å². The predicted octanol–water partition coefficient (Wildman–Crippen LogP) is 2.79. The van der Waals surface area contributed by atoms with Gasteiger partial charge in [-0.15, -0.1) is 0 Å². The lowest BCUT2D eigenvalue weighted by Gasteiger charge is -2.38. The summed E-state index contributed by atoms with van der Waals surface area (Å²) in [6.45, 7) is 5.76. The average Bonchev–Trinajstić information content (AvgIpc) is 2.20. The minimum atomic E-state index is 0.707. The Morgan fingerprint density at radius 2 is 2.14 bits per heavy atom. The van der Waals surface area contributed by atoms with E-state index in [1.165, 1.54) is 38.1 Å². The number of hydrogen-bond acceptors (Lipinski definition) is 1. The molecular formula is C12H24N2. The molecule has 1 heterocycles. The summed E-state index contributed by atoms with van der Waals surface area (Å²) in [5.74, 6) is 2.91. The van der Waals surface area contributed by atoms with Crippen LogP contribution in [0.25, 0.3) is 0 Å². The van der Waals surface area contributed by atoms with Crippen LogP contribution in [0.5, 0.6) is 0 Å². The van der Waals surface area contributed by atoms with Gasteiger partial charge >= 0.3 is 0 Å². The standard InChI is InChI=1S/C12H24N2/c1-5-7-10-8-9-14(4)12(13-3)11(10)6-2/h10-11H,5-9H2,1-4H3. The summed E-state index contributed by atoms with van der Waals surface area (Å²) in [5, 5.41) is 0. The van der Waals surface area contributed by atoms with E-state index in [4.69, 9.17) is 0 Å². The highest BCUT2D eigenvalue weighted by atomic mass is 15.2. The second-order valence-electron chi connectivity index (χ2n) is 4.36. The van der Waals surface area contributed by atoms with Crippen LogP contribution in [0.3, 0.4) is 0 Å². The van der Waals surface area contributed by atoms with Crippen molar-refractivity contribution in [2.45, 2.75) is 39.5 Å². The molecule has 0 aromatic heterocycles. The Morgan fingerprint density at radius 1 is 1.43 bits per heavy atom. The molecule has 0 amide bonds. The first kappa shape index (κ1) is 11.5. The third kappa shape index (κ3) is 2.28. The normalized spacial score (nSPS) is 31.1. The van der Waals surface area contributed by atoms with Crippen LogP contribution in [0.4, 0.5) is 0 Å². The van der Waals surface area contributed by atoms with Crippen molar-refractivity contribution in [2.24, 2.45) is 16.8 Å². The van der Waals surface area contributed by atoms with Crippen molar-refractivity contribution in [1.29, 1.82) is 0 Å². The number of rotatable bonds is 3. The van der Waals surface area contributed by atoms with Gasteiger partial charge in [0.1, 0.15) is 5.84 Å². The second-order valence-corrected chi connectivity index (χ2v) is 4.36. The average molecular weight is 196 g/mol. The largest absolute Gasteiger partial charge is 0.363 e. The summed E-state index contributed by atoms with van der Waals surface area (Å²) >= 11 is 0. The predicted molar refractivity (Wildman–Crippen MR) is 62.8 cm³/mol. The van der Waals surface area contributed by atoms with Crippen molar-refractivity contribution in [2.75, 3.05) is 20.6 Å². The van der Waals surface area contributed by atoms with E-state index in [-0.39, 0.29) is 0 Å². The summed E-state index contributed by atoms with van der Waals surface area (Å²) < 4.78 is 0. The molecule has 1 rings (SSSR count). The van der Waals surface area contributed by atoms with E-state index in [1.54, 1.807) is 0 Å².